The summed E-state index contributed by atoms with van der Waals surface area (Å²) >= 11 is 12.3. The van der Waals surface area contributed by atoms with Gasteiger partial charge in [0.1, 0.15) is 0 Å². The fourth-order valence-corrected chi connectivity index (χ4v) is 3.82. The lowest BCUT2D eigenvalue weighted by atomic mass is 10.1. The van der Waals surface area contributed by atoms with Crippen LogP contribution in [0.2, 0.25) is 10.0 Å². The number of aliphatic hydroxyl groups is 1. The average molecular weight is 343 g/mol. The third kappa shape index (κ3) is 2.92. The number of urea groups is 1. The largest absolute Gasteiger partial charge is 0.390 e. The van der Waals surface area contributed by atoms with E-state index in [0.29, 0.717) is 22.4 Å². The minimum atomic E-state index is -0.669. The van der Waals surface area contributed by atoms with Crippen molar-refractivity contribution in [3.63, 3.8) is 0 Å². The molecule has 2 aliphatic rings. The van der Waals surface area contributed by atoms with Crippen molar-refractivity contribution in [2.45, 2.75) is 44.4 Å². The number of benzene rings is 1. The van der Waals surface area contributed by atoms with Crippen molar-refractivity contribution in [1.82, 2.24) is 10.2 Å². The van der Waals surface area contributed by atoms with Gasteiger partial charge >= 0.3 is 6.03 Å². The average Bonchev–Trinajstić information content (AvgIpc) is 3.22. The van der Waals surface area contributed by atoms with Crippen molar-refractivity contribution in [3.05, 3.63) is 33.3 Å². The highest BCUT2D eigenvalue weighted by atomic mass is 35.5. The normalized spacial score (nSPS) is 24.8. The van der Waals surface area contributed by atoms with E-state index in [1.807, 2.05) is 6.92 Å². The maximum Gasteiger partial charge on any atom is 0.317 e. The van der Waals surface area contributed by atoms with Gasteiger partial charge in [-0.1, -0.05) is 23.2 Å². The molecule has 0 heterocycles. The molecule has 1 aromatic rings. The third-order valence-corrected chi connectivity index (χ3v) is 5.26. The van der Waals surface area contributed by atoms with E-state index in [4.69, 9.17) is 23.2 Å². The molecule has 3 rings (SSSR count). The van der Waals surface area contributed by atoms with E-state index in [0.717, 1.165) is 11.1 Å². The Morgan fingerprint density at radius 2 is 2.09 bits per heavy atom. The van der Waals surface area contributed by atoms with Crippen LogP contribution in [0.3, 0.4) is 0 Å². The molecule has 0 saturated heterocycles. The highest BCUT2D eigenvalue weighted by Gasteiger charge is 2.38. The number of rotatable bonds is 3. The van der Waals surface area contributed by atoms with Crippen LogP contribution in [0.15, 0.2) is 12.1 Å². The Hall–Kier alpha value is -0.970. The number of amides is 2. The maximum atomic E-state index is 12.4. The summed E-state index contributed by atoms with van der Waals surface area (Å²) in [6, 6.07) is 3.03. The second-order valence-electron chi connectivity index (χ2n) is 6.36. The summed E-state index contributed by atoms with van der Waals surface area (Å²) in [7, 11) is 1.70. The van der Waals surface area contributed by atoms with Crippen molar-refractivity contribution in [1.29, 1.82) is 0 Å². The smallest absolute Gasteiger partial charge is 0.317 e. The number of nitrogens with zero attached hydrogens (tertiary/aromatic N) is 1. The predicted octanol–water partition coefficient (Wildman–Crippen LogP) is 3.39. The van der Waals surface area contributed by atoms with Gasteiger partial charge in [0.05, 0.1) is 12.1 Å². The number of fused-ring (bicyclic) bond motifs is 1. The van der Waals surface area contributed by atoms with Gasteiger partial charge in [-0.15, -0.1) is 0 Å². The van der Waals surface area contributed by atoms with E-state index in [1.54, 1.807) is 24.1 Å². The van der Waals surface area contributed by atoms with Gasteiger partial charge in [-0.05, 0) is 48.9 Å². The van der Waals surface area contributed by atoms with E-state index in [9.17, 15) is 9.90 Å². The van der Waals surface area contributed by atoms with E-state index in [1.165, 1.54) is 12.8 Å². The van der Waals surface area contributed by atoms with Crippen LogP contribution in [0.4, 0.5) is 4.79 Å². The first-order chi connectivity index (χ1) is 10.4. The molecule has 120 valence electrons. The first-order valence-electron chi connectivity index (χ1n) is 7.57. The lowest BCUT2D eigenvalue weighted by Crippen LogP contribution is -2.46. The number of halogens is 2. The SMILES string of the molecule is CC(NC(=O)N(C)C1c2cc(Cl)cc(Cl)c2CC1O)C1CC1. The molecule has 0 spiro atoms. The van der Waals surface area contributed by atoms with Crippen molar-refractivity contribution in [2.24, 2.45) is 5.92 Å². The number of carbonyl (C=O) groups is 1. The molecule has 3 atom stereocenters. The van der Waals surface area contributed by atoms with Gasteiger partial charge in [0.2, 0.25) is 0 Å². The second kappa shape index (κ2) is 5.91. The monoisotopic (exact) mass is 342 g/mol. The highest BCUT2D eigenvalue weighted by Crippen LogP contribution is 2.41. The van der Waals surface area contributed by atoms with Crippen LogP contribution < -0.4 is 5.32 Å². The highest BCUT2D eigenvalue weighted by molar-refractivity contribution is 6.35. The van der Waals surface area contributed by atoms with Crippen molar-refractivity contribution < 1.29 is 9.90 Å². The molecule has 2 amide bonds. The summed E-state index contributed by atoms with van der Waals surface area (Å²) in [5.41, 5.74) is 1.71. The first kappa shape index (κ1) is 15.9. The Kier molecular flexibility index (Phi) is 4.27. The molecule has 0 radical (unpaired) electrons. The molecule has 0 aromatic heterocycles. The number of nitrogens with one attached hydrogen (secondary N) is 1. The minimum absolute atomic E-state index is 0.163. The van der Waals surface area contributed by atoms with E-state index in [2.05, 4.69) is 5.32 Å². The molecule has 3 unspecified atom stereocenters. The van der Waals surface area contributed by atoms with E-state index < -0.39 is 12.1 Å². The standard InChI is InChI=1S/C16H20Cl2N2O2/c1-8(9-3-4-9)19-16(22)20(2)15-12-5-10(17)6-13(18)11(12)7-14(15)21/h5-6,8-9,14-15,21H,3-4,7H2,1-2H3,(H,19,22). The number of aliphatic hydroxyl groups excluding tert-OH is 1. The van der Waals surface area contributed by atoms with Crippen LogP contribution >= 0.6 is 23.2 Å². The fraction of sp³-hybridized carbons (Fsp3) is 0.562. The topological polar surface area (TPSA) is 52.6 Å². The summed E-state index contributed by atoms with van der Waals surface area (Å²) in [6.45, 7) is 2.02. The van der Waals surface area contributed by atoms with E-state index in [-0.39, 0.29) is 12.1 Å². The van der Waals surface area contributed by atoms with Crippen molar-refractivity contribution in [3.8, 4) is 0 Å². The van der Waals surface area contributed by atoms with Gasteiger partial charge in [0.25, 0.3) is 0 Å². The van der Waals surface area contributed by atoms with Crippen molar-refractivity contribution in [2.75, 3.05) is 7.05 Å². The molecule has 0 bridgehead atoms. The van der Waals surface area contributed by atoms with Crippen LogP contribution in [-0.2, 0) is 6.42 Å². The van der Waals surface area contributed by atoms with E-state index >= 15 is 0 Å². The van der Waals surface area contributed by atoms with Gasteiger partial charge < -0.3 is 15.3 Å². The number of hydrogen-bond acceptors (Lipinski definition) is 2. The molecule has 4 nitrogen and oxygen atoms in total. The summed E-state index contributed by atoms with van der Waals surface area (Å²) in [6.07, 6.45) is 2.11. The molecule has 6 heteroatoms. The molecular weight excluding hydrogens is 323 g/mol. The van der Waals surface area contributed by atoms with Gasteiger partial charge in [0.15, 0.2) is 0 Å². The minimum Gasteiger partial charge on any atom is -0.390 e. The Morgan fingerprint density at radius 1 is 1.41 bits per heavy atom. The number of hydrogen-bond donors (Lipinski definition) is 2. The molecule has 2 aliphatic carbocycles. The number of carbonyl (C=O) groups excluding carboxylic acids is 1. The van der Waals surface area contributed by atoms with Gasteiger partial charge in [-0.25, -0.2) is 4.79 Å². The summed E-state index contributed by atoms with van der Waals surface area (Å²) in [5.74, 6) is 0.585. The van der Waals surface area contributed by atoms with Crippen molar-refractivity contribution >= 4 is 29.2 Å². The Morgan fingerprint density at radius 3 is 2.73 bits per heavy atom. The van der Waals surface area contributed by atoms with Crippen LogP contribution in [0.1, 0.15) is 36.9 Å². The molecule has 1 aromatic carbocycles. The second-order valence-corrected chi connectivity index (χ2v) is 7.20. The first-order valence-corrected chi connectivity index (χ1v) is 8.33. The van der Waals surface area contributed by atoms with Crippen LogP contribution in [-0.4, -0.2) is 35.2 Å². The zero-order valence-corrected chi connectivity index (χ0v) is 14.2. The van der Waals surface area contributed by atoms with Crippen LogP contribution in [0.25, 0.3) is 0 Å². The zero-order valence-electron chi connectivity index (χ0n) is 12.6. The molecular formula is C16H20Cl2N2O2. The number of likely N-dealkylation sites (N-methyl/N-ethyl adjacent to an activating group) is 1. The lowest BCUT2D eigenvalue weighted by molar-refractivity contribution is 0.0882. The Balaban J connectivity index is 1.81. The summed E-state index contributed by atoms with van der Waals surface area (Å²) in [5, 5.41) is 14.4. The summed E-state index contributed by atoms with van der Waals surface area (Å²) in [4.78, 5) is 14.0. The van der Waals surface area contributed by atoms with Gasteiger partial charge in [-0.3, -0.25) is 0 Å². The molecule has 1 fully saturated rings. The third-order valence-electron chi connectivity index (χ3n) is 4.71. The molecule has 1 saturated carbocycles. The summed E-state index contributed by atoms with van der Waals surface area (Å²) < 4.78 is 0. The maximum absolute atomic E-state index is 12.4. The molecule has 2 N–H and O–H groups in total. The quantitative estimate of drug-likeness (QED) is 0.884. The predicted molar refractivity (Wildman–Crippen MR) is 87.4 cm³/mol. The lowest BCUT2D eigenvalue weighted by Gasteiger charge is -2.29. The molecule has 0 aliphatic heterocycles. The zero-order chi connectivity index (χ0) is 16.0. The van der Waals surface area contributed by atoms with Crippen LogP contribution in [0, 0.1) is 5.92 Å². The molecule has 22 heavy (non-hydrogen) atoms. The van der Waals surface area contributed by atoms with Gasteiger partial charge in [-0.2, -0.15) is 0 Å². The van der Waals surface area contributed by atoms with Crippen LogP contribution in [0.5, 0.6) is 0 Å². The fourth-order valence-electron chi connectivity index (χ4n) is 3.23. The Bertz CT molecular complexity index is 604. The Labute approximate surface area is 140 Å². The van der Waals surface area contributed by atoms with Gasteiger partial charge in [0, 0.05) is 29.6 Å².